The first-order valence-corrected chi connectivity index (χ1v) is 4.34. The van der Waals surface area contributed by atoms with Crippen LogP contribution in [0.1, 0.15) is 40.0 Å². The number of rotatable bonds is 5. The normalized spacial score (nSPS) is 16.0. The van der Waals surface area contributed by atoms with E-state index in [1.807, 2.05) is 6.92 Å². The zero-order chi connectivity index (χ0) is 8.85. The Labute approximate surface area is 70.1 Å². The molecule has 2 atom stereocenters. The molecular formula is C10H20O. The van der Waals surface area contributed by atoms with Gasteiger partial charge in [0.2, 0.25) is 0 Å². The van der Waals surface area contributed by atoms with Gasteiger partial charge in [-0.25, -0.2) is 0 Å². The molecule has 66 valence electrons. The Morgan fingerprint density at radius 3 is 2.36 bits per heavy atom. The van der Waals surface area contributed by atoms with Gasteiger partial charge < -0.3 is 5.11 Å². The Kier molecular flexibility index (Phi) is 5.22. The van der Waals surface area contributed by atoms with Gasteiger partial charge >= 0.3 is 0 Å². The van der Waals surface area contributed by atoms with Gasteiger partial charge in [-0.3, -0.25) is 0 Å². The molecule has 0 aliphatic heterocycles. The van der Waals surface area contributed by atoms with E-state index in [0.29, 0.717) is 5.92 Å². The van der Waals surface area contributed by atoms with Gasteiger partial charge in [-0.15, -0.1) is 6.58 Å². The summed E-state index contributed by atoms with van der Waals surface area (Å²) in [7, 11) is 0. The highest BCUT2D eigenvalue weighted by atomic mass is 16.3. The Morgan fingerprint density at radius 1 is 1.45 bits per heavy atom. The lowest BCUT2D eigenvalue weighted by Gasteiger charge is -2.12. The molecule has 11 heavy (non-hydrogen) atoms. The first kappa shape index (κ1) is 10.7. The van der Waals surface area contributed by atoms with E-state index in [0.717, 1.165) is 19.3 Å². The van der Waals surface area contributed by atoms with Crippen LogP contribution in [0.25, 0.3) is 0 Å². The van der Waals surface area contributed by atoms with Gasteiger partial charge in [0.15, 0.2) is 0 Å². The molecular weight excluding hydrogens is 136 g/mol. The molecule has 0 fully saturated rings. The second-order valence-corrected chi connectivity index (χ2v) is 3.69. The largest absolute Gasteiger partial charge is 0.393 e. The summed E-state index contributed by atoms with van der Waals surface area (Å²) in [4.78, 5) is 0. The number of aliphatic hydroxyl groups excluding tert-OH is 1. The second-order valence-electron chi connectivity index (χ2n) is 3.69. The quantitative estimate of drug-likeness (QED) is 0.607. The first-order chi connectivity index (χ1) is 5.02. The van der Waals surface area contributed by atoms with E-state index in [4.69, 9.17) is 5.11 Å². The Balaban J connectivity index is 3.37. The molecule has 0 aromatic carbocycles. The third-order valence-corrected chi connectivity index (χ3v) is 1.81. The van der Waals surface area contributed by atoms with Gasteiger partial charge in [0.05, 0.1) is 6.10 Å². The van der Waals surface area contributed by atoms with E-state index in [-0.39, 0.29) is 6.10 Å². The maximum atomic E-state index is 9.07. The summed E-state index contributed by atoms with van der Waals surface area (Å²) in [5.41, 5.74) is 1.24. The molecule has 0 saturated carbocycles. The highest BCUT2D eigenvalue weighted by molar-refractivity contribution is 4.87. The number of aliphatic hydroxyl groups is 1. The zero-order valence-electron chi connectivity index (χ0n) is 7.93. The lowest BCUT2D eigenvalue weighted by Crippen LogP contribution is -2.06. The van der Waals surface area contributed by atoms with Crippen molar-refractivity contribution in [1.29, 1.82) is 0 Å². The minimum absolute atomic E-state index is 0.157. The van der Waals surface area contributed by atoms with Crippen LogP contribution >= 0.6 is 0 Å². The summed E-state index contributed by atoms with van der Waals surface area (Å²) in [6.07, 6.45) is 3.00. The SMILES string of the molecule is C=C(C)CCC(C)CC(C)O. The Bertz CT molecular complexity index is 116. The molecule has 0 radical (unpaired) electrons. The minimum atomic E-state index is -0.157. The summed E-state index contributed by atoms with van der Waals surface area (Å²) in [5.74, 6) is 0.617. The van der Waals surface area contributed by atoms with Crippen LogP contribution in [-0.4, -0.2) is 11.2 Å². The van der Waals surface area contributed by atoms with E-state index in [9.17, 15) is 0 Å². The zero-order valence-corrected chi connectivity index (χ0v) is 7.93. The lowest BCUT2D eigenvalue weighted by atomic mass is 9.97. The fraction of sp³-hybridized carbons (Fsp3) is 0.800. The first-order valence-electron chi connectivity index (χ1n) is 4.34. The number of hydrogen-bond donors (Lipinski definition) is 1. The van der Waals surface area contributed by atoms with Gasteiger partial charge in [-0.1, -0.05) is 12.5 Å². The predicted octanol–water partition coefficient (Wildman–Crippen LogP) is 2.75. The van der Waals surface area contributed by atoms with E-state index in [1.54, 1.807) is 0 Å². The summed E-state index contributed by atoms with van der Waals surface area (Å²) in [6, 6.07) is 0. The molecule has 0 saturated heterocycles. The van der Waals surface area contributed by atoms with Gasteiger partial charge in [-0.05, 0) is 39.0 Å². The third kappa shape index (κ3) is 7.60. The van der Waals surface area contributed by atoms with E-state index < -0.39 is 0 Å². The van der Waals surface area contributed by atoms with Gasteiger partial charge in [0.25, 0.3) is 0 Å². The third-order valence-electron chi connectivity index (χ3n) is 1.81. The molecule has 0 heterocycles. The standard InChI is InChI=1S/C10H20O/c1-8(2)5-6-9(3)7-10(4)11/h9-11H,1,5-7H2,2-4H3. The molecule has 0 aromatic rings. The molecule has 0 rings (SSSR count). The summed E-state index contributed by atoms with van der Waals surface area (Å²) in [5, 5.41) is 9.07. The van der Waals surface area contributed by atoms with Crippen molar-refractivity contribution in [2.75, 3.05) is 0 Å². The molecule has 0 aliphatic rings. The number of hydrogen-bond acceptors (Lipinski definition) is 1. The van der Waals surface area contributed by atoms with Crippen LogP contribution in [0, 0.1) is 5.92 Å². The molecule has 0 bridgehead atoms. The van der Waals surface area contributed by atoms with Crippen molar-refractivity contribution in [3.63, 3.8) is 0 Å². The van der Waals surface area contributed by atoms with Gasteiger partial charge in [0, 0.05) is 0 Å². The van der Waals surface area contributed by atoms with Crippen LogP contribution in [0.15, 0.2) is 12.2 Å². The van der Waals surface area contributed by atoms with Crippen LogP contribution in [0.4, 0.5) is 0 Å². The summed E-state index contributed by atoms with van der Waals surface area (Å²) in [6.45, 7) is 9.92. The molecule has 0 aliphatic carbocycles. The molecule has 1 nitrogen and oxygen atoms in total. The molecule has 0 aromatic heterocycles. The maximum absolute atomic E-state index is 9.07. The fourth-order valence-corrected chi connectivity index (χ4v) is 1.19. The van der Waals surface area contributed by atoms with Crippen molar-refractivity contribution >= 4 is 0 Å². The van der Waals surface area contributed by atoms with Gasteiger partial charge in [0.1, 0.15) is 0 Å². The predicted molar refractivity (Wildman–Crippen MR) is 49.5 cm³/mol. The Morgan fingerprint density at radius 2 is 2.00 bits per heavy atom. The van der Waals surface area contributed by atoms with Crippen LogP contribution in [0.3, 0.4) is 0 Å². The van der Waals surface area contributed by atoms with Crippen LogP contribution in [0.5, 0.6) is 0 Å². The lowest BCUT2D eigenvalue weighted by molar-refractivity contribution is 0.162. The van der Waals surface area contributed by atoms with Crippen molar-refractivity contribution in [1.82, 2.24) is 0 Å². The molecule has 1 heteroatoms. The summed E-state index contributed by atoms with van der Waals surface area (Å²) >= 11 is 0. The molecule has 2 unspecified atom stereocenters. The van der Waals surface area contributed by atoms with Crippen LogP contribution in [0.2, 0.25) is 0 Å². The average Bonchev–Trinajstić information content (AvgIpc) is 1.82. The fourth-order valence-electron chi connectivity index (χ4n) is 1.19. The van der Waals surface area contributed by atoms with E-state index in [1.165, 1.54) is 5.57 Å². The highest BCUT2D eigenvalue weighted by Gasteiger charge is 2.05. The van der Waals surface area contributed by atoms with Crippen molar-refractivity contribution in [2.45, 2.75) is 46.1 Å². The molecule has 1 N–H and O–H groups in total. The second kappa shape index (κ2) is 5.36. The molecule has 0 amide bonds. The van der Waals surface area contributed by atoms with E-state index in [2.05, 4.69) is 20.4 Å². The van der Waals surface area contributed by atoms with Crippen molar-refractivity contribution in [3.8, 4) is 0 Å². The molecule has 0 spiro atoms. The topological polar surface area (TPSA) is 20.2 Å². The maximum Gasteiger partial charge on any atom is 0.0514 e. The van der Waals surface area contributed by atoms with Crippen LogP contribution in [-0.2, 0) is 0 Å². The smallest absolute Gasteiger partial charge is 0.0514 e. The Hall–Kier alpha value is -0.300. The van der Waals surface area contributed by atoms with Gasteiger partial charge in [-0.2, -0.15) is 0 Å². The summed E-state index contributed by atoms with van der Waals surface area (Å²) < 4.78 is 0. The van der Waals surface area contributed by atoms with Crippen molar-refractivity contribution in [2.24, 2.45) is 5.92 Å². The highest BCUT2D eigenvalue weighted by Crippen LogP contribution is 2.15. The van der Waals surface area contributed by atoms with E-state index >= 15 is 0 Å². The van der Waals surface area contributed by atoms with Crippen LogP contribution < -0.4 is 0 Å². The average molecular weight is 156 g/mol. The van der Waals surface area contributed by atoms with Crippen molar-refractivity contribution < 1.29 is 5.11 Å². The minimum Gasteiger partial charge on any atom is -0.393 e. The monoisotopic (exact) mass is 156 g/mol. The van der Waals surface area contributed by atoms with Crippen molar-refractivity contribution in [3.05, 3.63) is 12.2 Å². The number of allylic oxidation sites excluding steroid dienone is 1.